The Morgan fingerprint density at radius 3 is 2.39 bits per heavy atom. The first kappa shape index (κ1) is 13.6. The molecule has 2 rings (SSSR count). The van der Waals surface area contributed by atoms with E-state index in [1.165, 1.54) is 43.4 Å². The van der Waals surface area contributed by atoms with Gasteiger partial charge in [0, 0.05) is 6.54 Å². The summed E-state index contributed by atoms with van der Waals surface area (Å²) in [6.07, 6.45) is 6.84. The molecule has 1 N–H and O–H groups in total. The van der Waals surface area contributed by atoms with Gasteiger partial charge in [0.25, 0.3) is 0 Å². The molecule has 0 saturated heterocycles. The molecule has 1 saturated carbocycles. The molecule has 1 heteroatoms. The van der Waals surface area contributed by atoms with Crippen LogP contribution in [0.5, 0.6) is 0 Å². The zero-order valence-electron chi connectivity index (χ0n) is 11.9. The molecular formula is C17H27N. The third-order valence-electron chi connectivity index (χ3n) is 4.38. The van der Waals surface area contributed by atoms with Gasteiger partial charge in [-0.2, -0.15) is 0 Å². The van der Waals surface area contributed by atoms with Crippen molar-refractivity contribution >= 4 is 0 Å². The Labute approximate surface area is 112 Å². The van der Waals surface area contributed by atoms with E-state index in [2.05, 4.69) is 43.4 Å². The smallest absolute Gasteiger partial charge is 0.0208 e. The average Bonchev–Trinajstić information content (AvgIpc) is 2.41. The molecule has 0 aliphatic heterocycles. The van der Waals surface area contributed by atoms with Crippen LogP contribution in [0.4, 0.5) is 0 Å². The molecule has 1 aliphatic rings. The van der Waals surface area contributed by atoms with E-state index in [1.54, 1.807) is 0 Å². The van der Waals surface area contributed by atoms with Crippen molar-refractivity contribution in [2.75, 3.05) is 6.54 Å². The third-order valence-corrected chi connectivity index (χ3v) is 4.38. The van der Waals surface area contributed by atoms with Crippen molar-refractivity contribution in [3.8, 4) is 0 Å². The van der Waals surface area contributed by atoms with Crippen LogP contribution in [0.2, 0.25) is 0 Å². The maximum atomic E-state index is 3.66. The summed E-state index contributed by atoms with van der Waals surface area (Å²) >= 11 is 0. The summed E-state index contributed by atoms with van der Waals surface area (Å²) in [6, 6.07) is 8.80. The maximum Gasteiger partial charge on any atom is 0.0208 e. The van der Waals surface area contributed by atoms with E-state index in [4.69, 9.17) is 0 Å². The van der Waals surface area contributed by atoms with E-state index >= 15 is 0 Å². The van der Waals surface area contributed by atoms with Crippen molar-refractivity contribution in [2.24, 2.45) is 11.8 Å². The molecule has 1 fully saturated rings. The molecule has 100 valence electrons. The van der Waals surface area contributed by atoms with Crippen molar-refractivity contribution in [3.05, 3.63) is 35.4 Å². The number of hydrogen-bond acceptors (Lipinski definition) is 1. The Hall–Kier alpha value is -0.820. The van der Waals surface area contributed by atoms with Gasteiger partial charge in [0.15, 0.2) is 0 Å². The van der Waals surface area contributed by atoms with Crippen LogP contribution in [-0.4, -0.2) is 6.54 Å². The van der Waals surface area contributed by atoms with Gasteiger partial charge in [-0.05, 0) is 48.8 Å². The Morgan fingerprint density at radius 1 is 1.06 bits per heavy atom. The lowest BCUT2D eigenvalue weighted by atomic mass is 9.83. The number of aryl methyl sites for hydroxylation is 1. The molecule has 0 aromatic heterocycles. The molecule has 0 unspecified atom stereocenters. The zero-order chi connectivity index (χ0) is 12.8. The average molecular weight is 245 g/mol. The van der Waals surface area contributed by atoms with Crippen molar-refractivity contribution < 1.29 is 0 Å². The van der Waals surface area contributed by atoms with Crippen LogP contribution in [0.1, 0.15) is 50.7 Å². The highest BCUT2D eigenvalue weighted by molar-refractivity contribution is 5.26. The molecule has 1 aliphatic carbocycles. The largest absolute Gasteiger partial charge is 0.312 e. The Morgan fingerprint density at radius 2 is 1.72 bits per heavy atom. The normalized spacial score (nSPS) is 24.1. The highest BCUT2D eigenvalue weighted by Crippen LogP contribution is 2.27. The number of benzene rings is 1. The lowest BCUT2D eigenvalue weighted by Crippen LogP contribution is -2.26. The minimum absolute atomic E-state index is 0.912. The summed E-state index contributed by atoms with van der Waals surface area (Å²) in [7, 11) is 0. The minimum Gasteiger partial charge on any atom is -0.312 e. The highest BCUT2D eigenvalue weighted by atomic mass is 14.9. The second kappa shape index (κ2) is 6.94. The van der Waals surface area contributed by atoms with Gasteiger partial charge < -0.3 is 5.32 Å². The van der Waals surface area contributed by atoms with Crippen molar-refractivity contribution in [1.82, 2.24) is 5.32 Å². The fourth-order valence-electron chi connectivity index (χ4n) is 3.02. The van der Waals surface area contributed by atoms with Gasteiger partial charge in [0.1, 0.15) is 0 Å². The molecule has 0 spiro atoms. The van der Waals surface area contributed by atoms with Gasteiger partial charge in [-0.15, -0.1) is 0 Å². The predicted octanol–water partition coefficient (Wildman–Crippen LogP) is 4.16. The topological polar surface area (TPSA) is 12.0 Å². The van der Waals surface area contributed by atoms with Crippen molar-refractivity contribution in [3.63, 3.8) is 0 Å². The lowest BCUT2D eigenvalue weighted by Gasteiger charge is -2.26. The maximum absolute atomic E-state index is 3.66. The summed E-state index contributed by atoms with van der Waals surface area (Å²) < 4.78 is 0. The molecule has 18 heavy (non-hydrogen) atoms. The van der Waals surface area contributed by atoms with E-state index in [1.807, 2.05) is 0 Å². The SMILES string of the molecule is CCc1ccccc1CNCC1CCC(C)CC1. The van der Waals surface area contributed by atoms with E-state index in [0.29, 0.717) is 0 Å². The molecule has 1 nitrogen and oxygen atoms in total. The van der Waals surface area contributed by atoms with Gasteiger partial charge >= 0.3 is 0 Å². The van der Waals surface area contributed by atoms with E-state index in [9.17, 15) is 0 Å². The Balaban J connectivity index is 1.75. The first-order chi connectivity index (χ1) is 8.79. The molecule has 0 bridgehead atoms. The number of hydrogen-bond donors (Lipinski definition) is 1. The molecule has 1 aromatic rings. The summed E-state index contributed by atoms with van der Waals surface area (Å²) in [4.78, 5) is 0. The van der Waals surface area contributed by atoms with Crippen LogP contribution in [0.15, 0.2) is 24.3 Å². The van der Waals surface area contributed by atoms with Crippen LogP contribution in [0.25, 0.3) is 0 Å². The minimum atomic E-state index is 0.912. The fraction of sp³-hybridized carbons (Fsp3) is 0.647. The quantitative estimate of drug-likeness (QED) is 0.821. The first-order valence-electron chi connectivity index (χ1n) is 7.57. The van der Waals surface area contributed by atoms with Crippen LogP contribution >= 0.6 is 0 Å². The van der Waals surface area contributed by atoms with Crippen LogP contribution in [-0.2, 0) is 13.0 Å². The summed E-state index contributed by atoms with van der Waals surface area (Å²) in [5, 5.41) is 3.66. The van der Waals surface area contributed by atoms with Gasteiger partial charge in [0.2, 0.25) is 0 Å². The second-order valence-corrected chi connectivity index (χ2v) is 5.88. The molecule has 0 radical (unpaired) electrons. The zero-order valence-corrected chi connectivity index (χ0v) is 11.9. The van der Waals surface area contributed by atoms with Crippen LogP contribution in [0.3, 0.4) is 0 Å². The van der Waals surface area contributed by atoms with Crippen LogP contribution < -0.4 is 5.32 Å². The molecule has 1 aromatic carbocycles. The number of rotatable bonds is 5. The number of nitrogens with one attached hydrogen (secondary N) is 1. The van der Waals surface area contributed by atoms with Crippen molar-refractivity contribution in [1.29, 1.82) is 0 Å². The summed E-state index contributed by atoms with van der Waals surface area (Å²) in [6.45, 7) is 6.86. The molecular weight excluding hydrogens is 218 g/mol. The van der Waals surface area contributed by atoms with Gasteiger partial charge in [0.05, 0.1) is 0 Å². The van der Waals surface area contributed by atoms with Gasteiger partial charge in [-0.3, -0.25) is 0 Å². The van der Waals surface area contributed by atoms with Gasteiger partial charge in [-0.1, -0.05) is 51.0 Å². The third kappa shape index (κ3) is 3.84. The Bertz CT molecular complexity index is 350. The van der Waals surface area contributed by atoms with E-state index in [0.717, 1.165) is 24.8 Å². The van der Waals surface area contributed by atoms with E-state index < -0.39 is 0 Å². The first-order valence-corrected chi connectivity index (χ1v) is 7.57. The lowest BCUT2D eigenvalue weighted by molar-refractivity contribution is 0.281. The van der Waals surface area contributed by atoms with Gasteiger partial charge in [-0.25, -0.2) is 0 Å². The monoisotopic (exact) mass is 245 g/mol. The Kier molecular flexibility index (Phi) is 5.25. The van der Waals surface area contributed by atoms with Crippen LogP contribution in [0, 0.1) is 11.8 Å². The summed E-state index contributed by atoms with van der Waals surface area (Å²) in [5.41, 5.74) is 2.96. The summed E-state index contributed by atoms with van der Waals surface area (Å²) in [5.74, 6) is 1.87. The van der Waals surface area contributed by atoms with Crippen molar-refractivity contribution in [2.45, 2.75) is 52.5 Å². The fourth-order valence-corrected chi connectivity index (χ4v) is 3.02. The standard InChI is InChI=1S/C17H27N/c1-3-16-6-4-5-7-17(16)13-18-12-15-10-8-14(2)9-11-15/h4-7,14-15,18H,3,8-13H2,1-2H3. The second-order valence-electron chi connectivity index (χ2n) is 5.88. The molecule has 0 heterocycles. The molecule has 0 atom stereocenters. The molecule has 0 amide bonds. The highest BCUT2D eigenvalue weighted by Gasteiger charge is 2.17. The van der Waals surface area contributed by atoms with E-state index in [-0.39, 0.29) is 0 Å². The predicted molar refractivity (Wildman–Crippen MR) is 78.6 cm³/mol.